The third-order valence-electron chi connectivity index (χ3n) is 3.48. The van der Waals surface area contributed by atoms with Crippen LogP contribution < -0.4 is 5.73 Å². The van der Waals surface area contributed by atoms with Crippen LogP contribution in [0.25, 0.3) is 0 Å². The number of hydrogen-bond donors (Lipinski definition) is 2. The molecule has 0 saturated heterocycles. The van der Waals surface area contributed by atoms with E-state index >= 15 is 0 Å². The zero-order valence-electron chi connectivity index (χ0n) is 11.5. The Morgan fingerprint density at radius 3 is 2.30 bits per heavy atom. The van der Waals surface area contributed by atoms with Gasteiger partial charge in [0.05, 0.1) is 17.4 Å². The first kappa shape index (κ1) is 16.3. The number of hydrogen-bond acceptors (Lipinski definition) is 4. The molecule has 0 heterocycles. The van der Waals surface area contributed by atoms with Crippen molar-refractivity contribution in [3.05, 3.63) is 24.1 Å². The summed E-state index contributed by atoms with van der Waals surface area (Å²) in [6.07, 6.45) is 3.58. The van der Waals surface area contributed by atoms with E-state index in [1.165, 1.54) is 0 Å². The van der Waals surface area contributed by atoms with Crippen molar-refractivity contribution >= 4 is 12.0 Å². The van der Waals surface area contributed by atoms with Crippen LogP contribution >= 0.6 is 0 Å². The minimum Gasteiger partial charge on any atom is -0.513 e. The van der Waals surface area contributed by atoms with E-state index in [-0.39, 0.29) is 29.6 Å². The first-order chi connectivity index (χ1) is 9.29. The number of allylic oxidation sites excluding steroid dienone is 2. The molecular weight excluding hydrogens is 266 g/mol. The smallest absolute Gasteiger partial charge is 0.287 e. The Balaban J connectivity index is 2.89. The minimum absolute atomic E-state index is 0.00243. The van der Waals surface area contributed by atoms with Crippen LogP contribution in [-0.2, 0) is 4.79 Å². The van der Waals surface area contributed by atoms with Crippen LogP contribution in [-0.4, -0.2) is 29.1 Å². The highest BCUT2D eigenvalue weighted by Gasteiger charge is 2.34. The van der Waals surface area contributed by atoms with Crippen molar-refractivity contribution in [2.24, 2.45) is 16.6 Å². The molecule has 0 unspecified atom stereocenters. The van der Waals surface area contributed by atoms with Gasteiger partial charge in [-0.05, 0) is 25.7 Å². The SMILES string of the molecule is C=C(O)C1CCC(N=C(C(C=O)=CN)C(C)(F)F)CC1. The van der Waals surface area contributed by atoms with Gasteiger partial charge in [0.15, 0.2) is 6.29 Å². The van der Waals surface area contributed by atoms with Crippen molar-refractivity contribution < 1.29 is 18.7 Å². The molecule has 0 aromatic rings. The van der Waals surface area contributed by atoms with Crippen LogP contribution in [0.5, 0.6) is 0 Å². The molecule has 6 heteroatoms. The quantitative estimate of drug-likeness (QED) is 0.353. The predicted octanol–water partition coefficient (Wildman–Crippen LogP) is 2.75. The molecule has 1 aliphatic carbocycles. The van der Waals surface area contributed by atoms with Crippen LogP contribution in [0.2, 0.25) is 0 Å². The van der Waals surface area contributed by atoms with E-state index in [9.17, 15) is 18.7 Å². The summed E-state index contributed by atoms with van der Waals surface area (Å²) in [7, 11) is 0. The van der Waals surface area contributed by atoms with Crippen LogP contribution in [0.4, 0.5) is 8.78 Å². The van der Waals surface area contributed by atoms with Gasteiger partial charge in [-0.15, -0.1) is 0 Å². The normalized spacial score (nSPS) is 25.4. The van der Waals surface area contributed by atoms with E-state index in [2.05, 4.69) is 11.6 Å². The highest BCUT2D eigenvalue weighted by Crippen LogP contribution is 2.31. The molecule has 1 fully saturated rings. The fourth-order valence-electron chi connectivity index (χ4n) is 2.34. The Labute approximate surface area is 117 Å². The van der Waals surface area contributed by atoms with Gasteiger partial charge in [0.25, 0.3) is 5.92 Å². The summed E-state index contributed by atoms with van der Waals surface area (Å²) in [6, 6.07) is -0.290. The molecule has 3 N–H and O–H groups in total. The molecular formula is C14H20F2N2O2. The lowest BCUT2D eigenvalue weighted by molar-refractivity contribution is -0.104. The largest absolute Gasteiger partial charge is 0.513 e. The van der Waals surface area contributed by atoms with E-state index in [0.717, 1.165) is 6.20 Å². The number of carbonyl (C=O) groups is 1. The Morgan fingerprint density at radius 2 is 1.95 bits per heavy atom. The molecule has 0 spiro atoms. The average Bonchev–Trinajstić information content (AvgIpc) is 2.38. The molecule has 112 valence electrons. The molecule has 0 aromatic heterocycles. The van der Waals surface area contributed by atoms with Gasteiger partial charge in [-0.25, -0.2) is 0 Å². The standard InChI is InChI=1S/C14H20F2N2O2/c1-9(20)10-3-5-12(6-4-10)18-13(14(2,15)16)11(7-17)8-19/h7-8,10,12,20H,1,3-6,17H2,2H3. The zero-order valence-corrected chi connectivity index (χ0v) is 11.5. The van der Waals surface area contributed by atoms with Crippen molar-refractivity contribution in [3.63, 3.8) is 0 Å². The molecule has 1 saturated carbocycles. The van der Waals surface area contributed by atoms with Crippen molar-refractivity contribution in [3.8, 4) is 0 Å². The average molecular weight is 286 g/mol. The van der Waals surface area contributed by atoms with Gasteiger partial charge in [-0.3, -0.25) is 9.79 Å². The Morgan fingerprint density at radius 1 is 1.40 bits per heavy atom. The van der Waals surface area contributed by atoms with Crippen molar-refractivity contribution in [1.29, 1.82) is 0 Å². The first-order valence-corrected chi connectivity index (χ1v) is 6.50. The van der Waals surface area contributed by atoms with Crippen LogP contribution in [0.3, 0.4) is 0 Å². The first-order valence-electron chi connectivity index (χ1n) is 6.50. The van der Waals surface area contributed by atoms with Gasteiger partial charge in [0.2, 0.25) is 0 Å². The van der Waals surface area contributed by atoms with Gasteiger partial charge in [-0.2, -0.15) is 8.78 Å². The molecule has 0 aliphatic heterocycles. The molecule has 20 heavy (non-hydrogen) atoms. The fourth-order valence-corrected chi connectivity index (χ4v) is 2.34. The Bertz CT molecular complexity index is 431. The summed E-state index contributed by atoms with van der Waals surface area (Å²) < 4.78 is 27.1. The van der Waals surface area contributed by atoms with Gasteiger partial charge < -0.3 is 10.8 Å². The van der Waals surface area contributed by atoms with E-state index in [4.69, 9.17) is 5.73 Å². The Kier molecular flexibility index (Phi) is 5.42. The summed E-state index contributed by atoms with van der Waals surface area (Å²) >= 11 is 0. The number of aliphatic hydroxyl groups excluding tert-OH is 1. The third kappa shape index (κ3) is 4.15. The van der Waals surface area contributed by atoms with Crippen LogP contribution in [0.1, 0.15) is 32.6 Å². The fraction of sp³-hybridized carbons (Fsp3) is 0.571. The summed E-state index contributed by atoms with van der Waals surface area (Å²) in [5, 5.41) is 9.32. The lowest BCUT2D eigenvalue weighted by atomic mass is 9.85. The van der Waals surface area contributed by atoms with E-state index < -0.39 is 11.6 Å². The molecule has 1 rings (SSSR count). The lowest BCUT2D eigenvalue weighted by Crippen LogP contribution is -2.30. The monoisotopic (exact) mass is 286 g/mol. The maximum Gasteiger partial charge on any atom is 0.287 e. The molecule has 4 nitrogen and oxygen atoms in total. The number of aldehydes is 1. The number of carbonyl (C=O) groups excluding carboxylic acids is 1. The van der Waals surface area contributed by atoms with E-state index in [0.29, 0.717) is 32.6 Å². The number of alkyl halides is 2. The summed E-state index contributed by atoms with van der Waals surface area (Å²) in [4.78, 5) is 14.8. The van der Waals surface area contributed by atoms with Gasteiger partial charge in [0.1, 0.15) is 5.71 Å². The highest BCUT2D eigenvalue weighted by molar-refractivity contribution is 6.17. The second kappa shape index (κ2) is 6.63. The second-order valence-electron chi connectivity index (χ2n) is 5.10. The molecule has 1 aliphatic rings. The van der Waals surface area contributed by atoms with E-state index in [1.54, 1.807) is 0 Å². The summed E-state index contributed by atoms with van der Waals surface area (Å²) in [5.74, 6) is -3.09. The maximum absolute atomic E-state index is 13.5. The van der Waals surface area contributed by atoms with Gasteiger partial charge in [0, 0.05) is 19.0 Å². The van der Waals surface area contributed by atoms with Crippen molar-refractivity contribution in [2.45, 2.75) is 44.6 Å². The zero-order chi connectivity index (χ0) is 15.3. The topological polar surface area (TPSA) is 75.7 Å². The molecule has 0 bridgehead atoms. The Hall–Kier alpha value is -1.72. The molecule has 0 amide bonds. The number of aliphatic imine (C=N–C) groups is 1. The second-order valence-corrected chi connectivity index (χ2v) is 5.10. The summed E-state index contributed by atoms with van der Waals surface area (Å²) in [6.45, 7) is 4.18. The van der Waals surface area contributed by atoms with Gasteiger partial charge in [-0.1, -0.05) is 6.58 Å². The molecule has 0 atom stereocenters. The lowest BCUT2D eigenvalue weighted by Gasteiger charge is -2.27. The number of nitrogens with zero attached hydrogens (tertiary/aromatic N) is 1. The molecule has 0 aromatic carbocycles. The third-order valence-corrected chi connectivity index (χ3v) is 3.48. The molecule has 0 radical (unpaired) electrons. The number of nitrogens with two attached hydrogens (primary N) is 1. The summed E-state index contributed by atoms with van der Waals surface area (Å²) in [5.41, 5.74) is 4.34. The predicted molar refractivity (Wildman–Crippen MR) is 73.9 cm³/mol. The van der Waals surface area contributed by atoms with Crippen molar-refractivity contribution in [2.75, 3.05) is 0 Å². The van der Waals surface area contributed by atoms with Gasteiger partial charge >= 0.3 is 0 Å². The number of rotatable bonds is 5. The maximum atomic E-state index is 13.5. The number of halogens is 2. The minimum atomic E-state index is -3.22. The van der Waals surface area contributed by atoms with Crippen LogP contribution in [0, 0.1) is 5.92 Å². The number of aliphatic hydroxyl groups is 1. The highest BCUT2D eigenvalue weighted by atomic mass is 19.3. The van der Waals surface area contributed by atoms with Crippen LogP contribution in [0.15, 0.2) is 29.1 Å². The van der Waals surface area contributed by atoms with E-state index in [1.807, 2.05) is 0 Å². The van der Waals surface area contributed by atoms with Crippen molar-refractivity contribution in [1.82, 2.24) is 0 Å².